The third kappa shape index (κ3) is 4.50. The van der Waals surface area contributed by atoms with Crippen molar-refractivity contribution in [2.75, 3.05) is 0 Å². The topological polar surface area (TPSA) is 50.1 Å². The number of hydrogen-bond acceptors (Lipinski definition) is 3. The summed E-state index contributed by atoms with van der Waals surface area (Å²) in [6.45, 7) is 9.37. The Bertz CT molecular complexity index is 920. The van der Waals surface area contributed by atoms with Crippen LogP contribution in [0.25, 0.3) is 0 Å². The first kappa shape index (κ1) is 26.1. The Morgan fingerprint density at radius 1 is 1.14 bits per heavy atom. The van der Waals surface area contributed by atoms with E-state index in [-0.39, 0.29) is 29.3 Å². The van der Waals surface area contributed by atoms with Gasteiger partial charge >= 0.3 is 5.97 Å². The van der Waals surface area contributed by atoms with Crippen LogP contribution in [0.5, 0.6) is 0 Å². The van der Waals surface area contributed by atoms with E-state index < -0.39 is 0 Å². The van der Waals surface area contributed by atoms with E-state index in [0.29, 0.717) is 17.3 Å². The van der Waals surface area contributed by atoms with Gasteiger partial charge in [-0.2, -0.15) is 5.26 Å². The molecule has 3 fully saturated rings. The van der Waals surface area contributed by atoms with Gasteiger partial charge in [0, 0.05) is 17.8 Å². The predicted molar refractivity (Wildman–Crippen MR) is 145 cm³/mol. The number of unbranched alkanes of at least 4 members (excludes halogenated alkanes) is 1. The molecule has 36 heavy (non-hydrogen) atoms. The molecule has 3 heteroatoms. The van der Waals surface area contributed by atoms with Crippen LogP contribution in [-0.4, -0.2) is 12.1 Å². The fourth-order valence-corrected chi connectivity index (χ4v) is 9.68. The summed E-state index contributed by atoms with van der Waals surface area (Å²) in [7, 11) is 0. The molecule has 3 saturated carbocycles. The number of carbonyl (C=O) groups excluding carboxylic acids is 1. The minimum atomic E-state index is -0.0904. The van der Waals surface area contributed by atoms with E-state index in [1.54, 1.807) is 0 Å². The van der Waals surface area contributed by atoms with Gasteiger partial charge in [0.1, 0.15) is 6.10 Å². The van der Waals surface area contributed by atoms with Crippen LogP contribution >= 0.6 is 0 Å². The number of fused-ring (bicyclic) bond motifs is 5. The minimum Gasteiger partial charge on any atom is -0.458 e. The van der Waals surface area contributed by atoms with Gasteiger partial charge in [0.05, 0.1) is 12.0 Å². The molecule has 0 aromatic carbocycles. The SMILES string of the molecule is CCCCC1CCC(C(=O)O[C@H]2C=C[C@@]3(C)C(=CC[C@H]4[C@@H]5CC[C@H]([C@H](C)C#N)[C@@]5(C)CC[C@@H]43)C2)CC1. The lowest BCUT2D eigenvalue weighted by molar-refractivity contribution is -0.153. The van der Waals surface area contributed by atoms with Crippen LogP contribution in [0, 0.1) is 63.6 Å². The van der Waals surface area contributed by atoms with Gasteiger partial charge in [0.2, 0.25) is 0 Å². The van der Waals surface area contributed by atoms with Crippen molar-refractivity contribution < 1.29 is 9.53 Å². The highest BCUT2D eigenvalue weighted by Crippen LogP contribution is 2.66. The molecule has 198 valence electrons. The molecule has 0 amide bonds. The summed E-state index contributed by atoms with van der Waals surface area (Å²) >= 11 is 0. The number of carbonyl (C=O) groups is 1. The van der Waals surface area contributed by atoms with Gasteiger partial charge in [-0.3, -0.25) is 4.79 Å². The Labute approximate surface area is 220 Å². The Balaban J connectivity index is 1.22. The quantitative estimate of drug-likeness (QED) is 0.277. The van der Waals surface area contributed by atoms with E-state index in [0.717, 1.165) is 37.0 Å². The van der Waals surface area contributed by atoms with Crippen molar-refractivity contribution in [3.05, 3.63) is 23.8 Å². The number of rotatable bonds is 6. The van der Waals surface area contributed by atoms with Crippen molar-refractivity contribution in [3.8, 4) is 6.07 Å². The zero-order chi connectivity index (χ0) is 25.5. The maximum atomic E-state index is 13.0. The summed E-state index contributed by atoms with van der Waals surface area (Å²) in [5.74, 6) is 3.84. The second-order valence-corrected chi connectivity index (χ2v) is 13.7. The first-order chi connectivity index (χ1) is 17.3. The summed E-state index contributed by atoms with van der Waals surface area (Å²) in [5, 5.41) is 9.64. The van der Waals surface area contributed by atoms with E-state index in [1.807, 2.05) is 0 Å². The molecular formula is C33H49NO2. The molecule has 5 aliphatic carbocycles. The Kier molecular flexibility index (Phi) is 7.46. The number of esters is 1. The van der Waals surface area contributed by atoms with Crippen LogP contribution < -0.4 is 0 Å². The molecule has 0 N–H and O–H groups in total. The van der Waals surface area contributed by atoms with Crippen LogP contribution in [0.2, 0.25) is 0 Å². The van der Waals surface area contributed by atoms with Crippen LogP contribution in [0.15, 0.2) is 23.8 Å². The number of allylic oxidation sites excluding steroid dienone is 2. The fourth-order valence-electron chi connectivity index (χ4n) is 9.68. The normalized spacial score (nSPS) is 44.4. The van der Waals surface area contributed by atoms with Crippen LogP contribution in [-0.2, 0) is 9.53 Å². The van der Waals surface area contributed by atoms with Crippen LogP contribution in [0.4, 0.5) is 0 Å². The smallest absolute Gasteiger partial charge is 0.309 e. The second kappa shape index (κ2) is 10.3. The molecule has 0 radical (unpaired) electrons. The highest BCUT2D eigenvalue weighted by atomic mass is 16.5. The summed E-state index contributed by atoms with van der Waals surface area (Å²) in [6.07, 6.45) is 22.5. The number of hydrogen-bond donors (Lipinski definition) is 0. The van der Waals surface area contributed by atoms with Gasteiger partial charge in [0.25, 0.3) is 0 Å². The zero-order valence-corrected chi connectivity index (χ0v) is 23.3. The van der Waals surface area contributed by atoms with Gasteiger partial charge in [-0.25, -0.2) is 0 Å². The standard InChI is InChI=1S/C33H49NO2/c1-5-6-7-23-8-10-24(11-9-23)31(35)36-26-16-18-32(3)25(20-26)12-13-27-29-15-14-28(22(2)21-34)33(29,4)19-17-30(27)32/h12,16,18,22-24,26-30H,5-11,13-15,17,19-20H2,1-4H3/t22-,23?,24?,26+,27+,28-,29+,30+,32+,33-/m1/s1. The third-order valence-corrected chi connectivity index (χ3v) is 11.9. The molecule has 3 nitrogen and oxygen atoms in total. The second-order valence-electron chi connectivity index (χ2n) is 13.7. The van der Waals surface area contributed by atoms with Gasteiger partial charge < -0.3 is 4.74 Å². The van der Waals surface area contributed by atoms with Crippen LogP contribution in [0.1, 0.15) is 111 Å². The molecule has 0 spiro atoms. The molecule has 0 aliphatic heterocycles. The van der Waals surface area contributed by atoms with E-state index in [2.05, 4.69) is 52.0 Å². The lowest BCUT2D eigenvalue weighted by Crippen LogP contribution is -2.49. The van der Waals surface area contributed by atoms with Gasteiger partial charge in [-0.05, 0) is 106 Å². The monoisotopic (exact) mass is 491 g/mol. The third-order valence-electron chi connectivity index (χ3n) is 11.9. The van der Waals surface area contributed by atoms with Crippen molar-refractivity contribution in [1.82, 2.24) is 0 Å². The highest BCUT2D eigenvalue weighted by molar-refractivity contribution is 5.73. The van der Waals surface area contributed by atoms with Crippen LogP contribution in [0.3, 0.4) is 0 Å². The number of ether oxygens (including phenoxy) is 1. The molecule has 0 heterocycles. The average Bonchev–Trinajstić information content (AvgIpc) is 3.24. The molecule has 0 aromatic rings. The largest absolute Gasteiger partial charge is 0.458 e. The molecule has 0 bridgehead atoms. The highest BCUT2D eigenvalue weighted by Gasteiger charge is 2.58. The summed E-state index contributed by atoms with van der Waals surface area (Å²) in [4.78, 5) is 13.0. The number of nitriles is 1. The number of nitrogens with zero attached hydrogens (tertiary/aromatic N) is 1. The van der Waals surface area contributed by atoms with Gasteiger partial charge in [-0.15, -0.1) is 0 Å². The molecule has 0 unspecified atom stereocenters. The van der Waals surface area contributed by atoms with Gasteiger partial charge in [0.15, 0.2) is 0 Å². The molecule has 5 aliphatic rings. The van der Waals surface area contributed by atoms with Crippen molar-refractivity contribution in [3.63, 3.8) is 0 Å². The summed E-state index contributed by atoms with van der Waals surface area (Å²) in [6, 6.07) is 2.58. The lowest BCUT2D eigenvalue weighted by atomic mass is 9.48. The molecular weight excluding hydrogens is 442 g/mol. The maximum absolute atomic E-state index is 13.0. The van der Waals surface area contributed by atoms with Gasteiger partial charge in [-0.1, -0.05) is 57.8 Å². The molecule has 0 aromatic heterocycles. The van der Waals surface area contributed by atoms with Crippen molar-refractivity contribution in [2.45, 2.75) is 117 Å². The van der Waals surface area contributed by atoms with Crippen molar-refractivity contribution in [1.29, 1.82) is 5.26 Å². The van der Waals surface area contributed by atoms with E-state index in [4.69, 9.17) is 4.74 Å². The first-order valence-corrected chi connectivity index (χ1v) is 15.3. The fraction of sp³-hybridized carbons (Fsp3) is 0.818. The molecule has 0 saturated heterocycles. The van der Waals surface area contributed by atoms with E-state index in [1.165, 1.54) is 69.8 Å². The molecule has 8 atom stereocenters. The summed E-state index contributed by atoms with van der Waals surface area (Å²) in [5.41, 5.74) is 1.93. The Morgan fingerprint density at radius 2 is 1.92 bits per heavy atom. The minimum absolute atomic E-state index is 0.0496. The van der Waals surface area contributed by atoms with Crippen molar-refractivity contribution >= 4 is 5.97 Å². The zero-order valence-electron chi connectivity index (χ0n) is 23.3. The Hall–Kier alpha value is -1.56. The molecule has 5 rings (SSSR count). The lowest BCUT2D eigenvalue weighted by Gasteiger charge is -2.57. The first-order valence-electron chi connectivity index (χ1n) is 15.3. The van der Waals surface area contributed by atoms with Crippen molar-refractivity contribution in [2.24, 2.45) is 52.3 Å². The Morgan fingerprint density at radius 3 is 2.64 bits per heavy atom. The predicted octanol–water partition coefficient (Wildman–Crippen LogP) is 8.41. The van der Waals surface area contributed by atoms with E-state index >= 15 is 0 Å². The maximum Gasteiger partial charge on any atom is 0.309 e. The average molecular weight is 492 g/mol. The van der Waals surface area contributed by atoms with E-state index in [9.17, 15) is 10.1 Å². The summed E-state index contributed by atoms with van der Waals surface area (Å²) < 4.78 is 6.12.